The molecule has 4 N–H and O–H groups in total. The number of benzene rings is 1. The van der Waals surface area contributed by atoms with Crippen LogP contribution in [0.3, 0.4) is 0 Å². The van der Waals surface area contributed by atoms with Crippen molar-refractivity contribution in [3.05, 3.63) is 40.2 Å². The second kappa shape index (κ2) is 7.53. The van der Waals surface area contributed by atoms with Gasteiger partial charge in [-0.15, -0.1) is 5.10 Å². The van der Waals surface area contributed by atoms with Crippen LogP contribution >= 0.6 is 11.6 Å². The normalized spacial score (nSPS) is 14.2. The fraction of sp³-hybridized carbons (Fsp3) is 0.278. The second-order valence-corrected chi connectivity index (χ2v) is 6.93. The molecule has 10 nitrogen and oxygen atoms in total. The van der Waals surface area contributed by atoms with E-state index in [0.29, 0.717) is 17.5 Å². The molecule has 0 amide bonds. The molecule has 2 heterocycles. The number of fused-ring (bicyclic) bond motifs is 1. The molecule has 146 valence electrons. The highest BCUT2D eigenvalue weighted by atomic mass is 35.5. The zero-order valence-corrected chi connectivity index (χ0v) is 15.7. The van der Waals surface area contributed by atoms with Gasteiger partial charge in [-0.25, -0.2) is 4.98 Å². The Morgan fingerprint density at radius 2 is 2.10 bits per heavy atom. The fourth-order valence-corrected chi connectivity index (χ4v) is 3.07. The Labute approximate surface area is 170 Å². The number of hydrogen-bond donors (Lipinski definition) is 4. The highest BCUT2D eigenvalue weighted by Gasteiger charge is 2.24. The lowest BCUT2D eigenvalue weighted by Crippen LogP contribution is -2.11. The van der Waals surface area contributed by atoms with Crippen molar-refractivity contribution in [3.63, 3.8) is 0 Å². The third-order valence-electron chi connectivity index (χ3n) is 4.40. The third-order valence-corrected chi connectivity index (χ3v) is 4.82. The van der Waals surface area contributed by atoms with Crippen molar-refractivity contribution in [2.75, 3.05) is 17.2 Å². The number of halogens is 1. The minimum atomic E-state index is -1.24. The molecule has 0 spiro atoms. The minimum Gasteiger partial charge on any atom is -0.393 e. The van der Waals surface area contributed by atoms with Crippen molar-refractivity contribution in [2.24, 2.45) is 0 Å². The minimum absolute atomic E-state index is 0.122. The van der Waals surface area contributed by atoms with E-state index in [1.165, 1.54) is 22.8 Å². The first kappa shape index (κ1) is 18.9. The zero-order chi connectivity index (χ0) is 20.5. The average Bonchev–Trinajstić information content (AvgIpc) is 3.45. The molecular formula is C18H15ClN8O2. The Morgan fingerprint density at radius 3 is 2.76 bits per heavy atom. The number of imidazole rings is 1. The quantitative estimate of drug-likeness (QED) is 0.476. The van der Waals surface area contributed by atoms with Crippen LogP contribution < -0.4 is 10.6 Å². The van der Waals surface area contributed by atoms with E-state index in [-0.39, 0.29) is 33.5 Å². The number of nitriles is 2. The molecule has 1 fully saturated rings. The van der Waals surface area contributed by atoms with E-state index in [4.69, 9.17) is 11.6 Å². The lowest BCUT2D eigenvalue weighted by Gasteiger charge is -2.15. The fourth-order valence-electron chi connectivity index (χ4n) is 2.79. The number of aromatic nitrogens is 4. The van der Waals surface area contributed by atoms with Crippen LogP contribution in [0.4, 0.5) is 17.5 Å². The Balaban J connectivity index is 1.80. The maximum Gasteiger partial charge on any atom is 0.247 e. The number of aliphatic hydroxyl groups excluding tert-OH is 2. The van der Waals surface area contributed by atoms with Gasteiger partial charge in [-0.3, -0.25) is 0 Å². The molecule has 29 heavy (non-hydrogen) atoms. The van der Waals surface area contributed by atoms with E-state index in [0.717, 1.165) is 12.8 Å². The molecule has 1 aliphatic carbocycles. The summed E-state index contributed by atoms with van der Waals surface area (Å²) < 4.78 is 1.37. The summed E-state index contributed by atoms with van der Waals surface area (Å²) >= 11 is 6.37. The van der Waals surface area contributed by atoms with Gasteiger partial charge in [0, 0.05) is 11.6 Å². The molecule has 1 aliphatic rings. The first-order valence-electron chi connectivity index (χ1n) is 8.76. The van der Waals surface area contributed by atoms with Gasteiger partial charge < -0.3 is 20.8 Å². The molecular weight excluding hydrogens is 396 g/mol. The van der Waals surface area contributed by atoms with Crippen molar-refractivity contribution in [1.29, 1.82) is 10.5 Å². The van der Waals surface area contributed by atoms with Gasteiger partial charge in [0.15, 0.2) is 17.2 Å². The van der Waals surface area contributed by atoms with Crippen LogP contribution in [0.2, 0.25) is 5.02 Å². The van der Waals surface area contributed by atoms with E-state index >= 15 is 0 Å². The molecule has 11 heteroatoms. The van der Waals surface area contributed by atoms with Crippen molar-refractivity contribution >= 4 is 34.7 Å². The van der Waals surface area contributed by atoms with Crippen LogP contribution in [0.25, 0.3) is 5.65 Å². The predicted octanol–water partition coefficient (Wildman–Crippen LogP) is 1.86. The van der Waals surface area contributed by atoms with Gasteiger partial charge in [-0.2, -0.15) is 20.0 Å². The number of nitrogens with one attached hydrogen (secondary N) is 2. The molecule has 0 bridgehead atoms. The topological polar surface area (TPSA) is 155 Å². The molecule has 1 unspecified atom stereocenters. The molecule has 0 radical (unpaired) electrons. The first-order valence-corrected chi connectivity index (χ1v) is 9.13. The summed E-state index contributed by atoms with van der Waals surface area (Å²) in [5.41, 5.74) is 1.37. The van der Waals surface area contributed by atoms with Crippen molar-refractivity contribution in [1.82, 2.24) is 19.6 Å². The molecule has 0 saturated heterocycles. The SMILES string of the molecule is N#Cc1cc(Nc2nc(NC3CC3)c3ncc(C#N)n3n2)c(Cl)c(C(O)CO)c1. The largest absolute Gasteiger partial charge is 0.393 e. The van der Waals surface area contributed by atoms with Crippen LogP contribution in [0, 0.1) is 22.7 Å². The van der Waals surface area contributed by atoms with Crippen molar-refractivity contribution < 1.29 is 10.2 Å². The maximum absolute atomic E-state index is 9.99. The maximum atomic E-state index is 9.99. The van der Waals surface area contributed by atoms with E-state index in [2.05, 4.69) is 25.7 Å². The third kappa shape index (κ3) is 3.65. The Hall–Kier alpha value is -3.44. The molecule has 1 atom stereocenters. The van der Waals surface area contributed by atoms with E-state index in [1.54, 1.807) is 0 Å². The first-order chi connectivity index (χ1) is 14.0. The number of rotatable bonds is 6. The predicted molar refractivity (Wildman–Crippen MR) is 104 cm³/mol. The summed E-state index contributed by atoms with van der Waals surface area (Å²) in [6, 6.07) is 7.19. The van der Waals surface area contributed by atoms with E-state index in [9.17, 15) is 20.7 Å². The van der Waals surface area contributed by atoms with Crippen LogP contribution in [-0.4, -0.2) is 42.4 Å². The smallest absolute Gasteiger partial charge is 0.247 e. The van der Waals surface area contributed by atoms with Crippen LogP contribution in [0.5, 0.6) is 0 Å². The second-order valence-electron chi connectivity index (χ2n) is 6.56. The van der Waals surface area contributed by atoms with Crippen molar-refractivity contribution in [3.8, 4) is 12.1 Å². The summed E-state index contributed by atoms with van der Waals surface area (Å²) in [5.74, 6) is 0.589. The number of anilines is 3. The summed E-state index contributed by atoms with van der Waals surface area (Å²) in [4.78, 5) is 8.64. The Kier molecular flexibility index (Phi) is 4.91. The van der Waals surface area contributed by atoms with Gasteiger partial charge in [-0.05, 0) is 25.0 Å². The van der Waals surface area contributed by atoms with Crippen molar-refractivity contribution in [2.45, 2.75) is 25.0 Å². The average molecular weight is 411 g/mol. The Bertz CT molecular complexity index is 1180. The molecule has 3 aromatic rings. The molecule has 2 aromatic heterocycles. The summed E-state index contributed by atoms with van der Waals surface area (Å²) in [6.07, 6.45) is 2.20. The zero-order valence-electron chi connectivity index (χ0n) is 15.0. The van der Waals surface area contributed by atoms with Gasteiger partial charge in [0.25, 0.3) is 0 Å². The number of aliphatic hydroxyl groups is 2. The lowest BCUT2D eigenvalue weighted by atomic mass is 10.1. The van der Waals surface area contributed by atoms with Gasteiger partial charge >= 0.3 is 0 Å². The van der Waals surface area contributed by atoms with Gasteiger partial charge in [0.05, 0.1) is 35.1 Å². The standard InChI is InChI=1S/C18H15ClN8O2/c19-15-12(14(29)8-28)3-9(5-20)4-13(15)24-18-25-16(23-10-1-2-10)17-22-7-11(6-21)27(17)26-18/h3-4,7,10,14,28-29H,1-2,8H2,(H2,23,24,25,26). The number of nitrogens with zero attached hydrogens (tertiary/aromatic N) is 6. The van der Waals surface area contributed by atoms with E-state index in [1.807, 2.05) is 12.1 Å². The monoisotopic (exact) mass is 410 g/mol. The van der Waals surface area contributed by atoms with E-state index < -0.39 is 12.7 Å². The Morgan fingerprint density at radius 1 is 1.31 bits per heavy atom. The molecule has 1 saturated carbocycles. The highest BCUT2D eigenvalue weighted by Crippen LogP contribution is 2.34. The van der Waals surface area contributed by atoms with Crippen LogP contribution in [0.1, 0.15) is 35.8 Å². The van der Waals surface area contributed by atoms with Gasteiger partial charge in [0.2, 0.25) is 5.95 Å². The molecule has 1 aromatic carbocycles. The summed E-state index contributed by atoms with van der Waals surface area (Å²) in [5, 5.41) is 48.4. The van der Waals surface area contributed by atoms with Crippen LogP contribution in [0.15, 0.2) is 18.3 Å². The molecule has 4 rings (SSSR count). The lowest BCUT2D eigenvalue weighted by molar-refractivity contribution is 0.0957. The molecule has 0 aliphatic heterocycles. The van der Waals surface area contributed by atoms with Gasteiger partial charge in [0.1, 0.15) is 12.2 Å². The van der Waals surface area contributed by atoms with Gasteiger partial charge in [-0.1, -0.05) is 11.6 Å². The summed E-state index contributed by atoms with van der Waals surface area (Å²) in [6.45, 7) is -0.549. The highest BCUT2D eigenvalue weighted by molar-refractivity contribution is 6.34. The number of hydrogen-bond acceptors (Lipinski definition) is 9. The summed E-state index contributed by atoms with van der Waals surface area (Å²) in [7, 11) is 0. The van der Waals surface area contributed by atoms with Crippen LogP contribution in [-0.2, 0) is 0 Å².